The molecule has 1 saturated heterocycles. The Balaban J connectivity index is 1.72. The Kier molecular flexibility index (Phi) is 5.90. The topological polar surface area (TPSA) is 83.9 Å². The highest BCUT2D eigenvalue weighted by Crippen LogP contribution is 2.29. The number of carbonyl (C=O) groups excluding carboxylic acids is 1. The van der Waals surface area contributed by atoms with Crippen LogP contribution in [0.15, 0.2) is 42.9 Å². The van der Waals surface area contributed by atoms with E-state index in [1.165, 1.54) is 0 Å². The van der Waals surface area contributed by atoms with Gasteiger partial charge in [-0.1, -0.05) is 11.6 Å². The first-order valence-electron chi connectivity index (χ1n) is 9.93. The molecule has 30 heavy (non-hydrogen) atoms. The molecule has 8 heteroatoms. The number of aromatic nitrogens is 4. The molecular weight excluding hydrogens is 400 g/mol. The van der Waals surface area contributed by atoms with E-state index in [1.54, 1.807) is 25.5 Å². The van der Waals surface area contributed by atoms with Crippen LogP contribution < -0.4 is 5.32 Å². The largest absolute Gasteiger partial charge is 0.342 e. The Morgan fingerprint density at radius 1 is 1.17 bits per heavy atom. The van der Waals surface area contributed by atoms with E-state index in [1.807, 2.05) is 36.1 Å². The van der Waals surface area contributed by atoms with Crippen molar-refractivity contribution in [3.63, 3.8) is 0 Å². The Bertz CT molecular complexity index is 1040. The first-order chi connectivity index (χ1) is 14.5. The SMILES string of the molecule is CC(=O)N1CCC[C@@H](c2nc(Nc3cc(C)cc(Cl)c3)cc(-c3cnccn3)n2)C1. The predicted molar refractivity (Wildman–Crippen MR) is 117 cm³/mol. The standard InChI is InChI=1S/C22H23ClN6O/c1-14-8-17(23)10-18(9-14)26-21-11-19(20-12-24-5-6-25-20)27-22(28-21)16-4-3-7-29(13-16)15(2)30/h5-6,8-12,16H,3-4,7,13H2,1-2H3,(H,26,27,28)/t16-/m1/s1. The third-order valence-corrected chi connectivity index (χ3v) is 5.33. The van der Waals surface area contributed by atoms with Gasteiger partial charge in [-0.15, -0.1) is 0 Å². The van der Waals surface area contributed by atoms with Gasteiger partial charge in [-0.3, -0.25) is 14.8 Å². The van der Waals surface area contributed by atoms with Crippen molar-refractivity contribution in [3.8, 4) is 11.4 Å². The van der Waals surface area contributed by atoms with Gasteiger partial charge in [0.1, 0.15) is 17.3 Å². The first-order valence-corrected chi connectivity index (χ1v) is 10.3. The smallest absolute Gasteiger partial charge is 0.219 e. The van der Waals surface area contributed by atoms with Crippen LogP contribution in [-0.4, -0.2) is 43.8 Å². The van der Waals surface area contributed by atoms with Gasteiger partial charge >= 0.3 is 0 Å². The lowest BCUT2D eigenvalue weighted by atomic mass is 9.97. The van der Waals surface area contributed by atoms with E-state index in [4.69, 9.17) is 21.6 Å². The maximum atomic E-state index is 11.9. The van der Waals surface area contributed by atoms with Crippen LogP contribution in [0, 0.1) is 6.92 Å². The van der Waals surface area contributed by atoms with Gasteiger partial charge < -0.3 is 10.2 Å². The van der Waals surface area contributed by atoms with Crippen LogP contribution in [0.1, 0.15) is 37.1 Å². The Morgan fingerprint density at radius 3 is 2.77 bits per heavy atom. The lowest BCUT2D eigenvalue weighted by Crippen LogP contribution is -2.38. The molecule has 1 amide bonds. The minimum absolute atomic E-state index is 0.0703. The predicted octanol–water partition coefficient (Wildman–Crippen LogP) is 4.36. The van der Waals surface area contributed by atoms with Crippen LogP contribution in [0.5, 0.6) is 0 Å². The summed E-state index contributed by atoms with van der Waals surface area (Å²) in [6.45, 7) is 5.00. The molecule has 0 spiro atoms. The third-order valence-electron chi connectivity index (χ3n) is 5.12. The van der Waals surface area contributed by atoms with Gasteiger partial charge in [0.25, 0.3) is 0 Å². The number of hydrogen-bond donors (Lipinski definition) is 1. The van der Waals surface area contributed by atoms with Crippen LogP contribution in [0.3, 0.4) is 0 Å². The van der Waals surface area contributed by atoms with Crippen molar-refractivity contribution in [2.45, 2.75) is 32.6 Å². The Hall–Kier alpha value is -3.06. The van der Waals surface area contributed by atoms with E-state index in [0.29, 0.717) is 34.6 Å². The zero-order valence-electron chi connectivity index (χ0n) is 17.0. The van der Waals surface area contributed by atoms with Gasteiger partial charge in [0.05, 0.1) is 11.9 Å². The number of amides is 1. The van der Waals surface area contributed by atoms with Crippen molar-refractivity contribution in [2.75, 3.05) is 18.4 Å². The summed E-state index contributed by atoms with van der Waals surface area (Å²) in [6.07, 6.45) is 6.82. The molecule has 154 valence electrons. The second kappa shape index (κ2) is 8.75. The quantitative estimate of drug-likeness (QED) is 0.672. The van der Waals surface area contributed by atoms with Gasteiger partial charge in [-0.05, 0) is 43.5 Å². The molecule has 2 aromatic heterocycles. The normalized spacial score (nSPS) is 16.4. The molecule has 1 aromatic carbocycles. The highest BCUT2D eigenvalue weighted by atomic mass is 35.5. The first kappa shape index (κ1) is 20.2. The Labute approximate surface area is 180 Å². The van der Waals surface area contributed by atoms with Crippen molar-refractivity contribution in [3.05, 3.63) is 59.3 Å². The molecule has 4 rings (SSSR count). The van der Waals surface area contributed by atoms with E-state index < -0.39 is 0 Å². The summed E-state index contributed by atoms with van der Waals surface area (Å²) in [6, 6.07) is 7.63. The number of likely N-dealkylation sites (tertiary alicyclic amines) is 1. The molecule has 3 heterocycles. The number of anilines is 2. The molecule has 0 radical (unpaired) electrons. The molecule has 0 aliphatic carbocycles. The summed E-state index contributed by atoms with van der Waals surface area (Å²) < 4.78 is 0. The number of hydrogen-bond acceptors (Lipinski definition) is 6. The second-order valence-corrected chi connectivity index (χ2v) is 7.97. The molecule has 1 fully saturated rings. The van der Waals surface area contributed by atoms with Gasteiger partial charge in [-0.25, -0.2) is 9.97 Å². The average Bonchev–Trinajstić information content (AvgIpc) is 2.73. The van der Waals surface area contributed by atoms with Crippen LogP contribution in [0.25, 0.3) is 11.4 Å². The van der Waals surface area contributed by atoms with Crippen LogP contribution in [0.2, 0.25) is 5.02 Å². The molecule has 1 N–H and O–H groups in total. The zero-order chi connectivity index (χ0) is 21.1. The second-order valence-electron chi connectivity index (χ2n) is 7.53. The number of aryl methyl sites for hydroxylation is 1. The molecule has 1 atom stereocenters. The molecule has 1 aliphatic rings. The van der Waals surface area contributed by atoms with E-state index >= 15 is 0 Å². The van der Waals surface area contributed by atoms with Crippen molar-refractivity contribution < 1.29 is 4.79 Å². The van der Waals surface area contributed by atoms with Crippen molar-refractivity contribution in [2.24, 2.45) is 0 Å². The molecular formula is C22H23ClN6O. The van der Waals surface area contributed by atoms with Crippen LogP contribution in [0.4, 0.5) is 11.5 Å². The maximum absolute atomic E-state index is 11.9. The molecule has 1 aliphatic heterocycles. The highest BCUT2D eigenvalue weighted by Gasteiger charge is 2.26. The van der Waals surface area contributed by atoms with Gasteiger partial charge in [0, 0.05) is 55.1 Å². The van der Waals surface area contributed by atoms with Crippen molar-refractivity contribution >= 4 is 29.0 Å². The lowest BCUT2D eigenvalue weighted by molar-refractivity contribution is -0.130. The van der Waals surface area contributed by atoms with Gasteiger partial charge in [-0.2, -0.15) is 0 Å². The lowest BCUT2D eigenvalue weighted by Gasteiger charge is -2.31. The number of piperidine rings is 1. The van der Waals surface area contributed by atoms with E-state index in [0.717, 1.165) is 30.6 Å². The molecule has 0 saturated carbocycles. The zero-order valence-corrected chi connectivity index (χ0v) is 17.7. The number of nitrogens with one attached hydrogen (secondary N) is 1. The number of carbonyl (C=O) groups is 1. The van der Waals surface area contributed by atoms with Crippen LogP contribution in [-0.2, 0) is 4.79 Å². The van der Waals surface area contributed by atoms with Crippen LogP contribution >= 0.6 is 11.6 Å². The summed E-state index contributed by atoms with van der Waals surface area (Å²) in [5.74, 6) is 1.51. The fraction of sp³-hybridized carbons (Fsp3) is 0.318. The summed E-state index contributed by atoms with van der Waals surface area (Å²) >= 11 is 6.21. The van der Waals surface area contributed by atoms with E-state index in [9.17, 15) is 4.79 Å². The molecule has 7 nitrogen and oxygen atoms in total. The number of nitrogens with zero attached hydrogens (tertiary/aromatic N) is 5. The van der Waals surface area contributed by atoms with Gasteiger partial charge in [0.2, 0.25) is 5.91 Å². The number of rotatable bonds is 4. The minimum atomic E-state index is 0.0703. The monoisotopic (exact) mass is 422 g/mol. The van der Waals surface area contributed by atoms with Crippen molar-refractivity contribution in [1.82, 2.24) is 24.8 Å². The third kappa shape index (κ3) is 4.74. The molecule has 0 unspecified atom stereocenters. The van der Waals surface area contributed by atoms with E-state index in [2.05, 4.69) is 15.3 Å². The summed E-state index contributed by atoms with van der Waals surface area (Å²) in [5.41, 5.74) is 3.27. The molecule has 3 aromatic rings. The van der Waals surface area contributed by atoms with E-state index in [-0.39, 0.29) is 11.8 Å². The summed E-state index contributed by atoms with van der Waals surface area (Å²) in [5, 5.41) is 4.00. The minimum Gasteiger partial charge on any atom is -0.342 e. The molecule has 0 bridgehead atoms. The fourth-order valence-corrected chi connectivity index (χ4v) is 3.99. The number of halogens is 1. The average molecular weight is 423 g/mol. The van der Waals surface area contributed by atoms with Gasteiger partial charge in [0.15, 0.2) is 0 Å². The van der Waals surface area contributed by atoms with Crippen molar-refractivity contribution in [1.29, 1.82) is 0 Å². The number of benzene rings is 1. The summed E-state index contributed by atoms with van der Waals surface area (Å²) in [7, 11) is 0. The Morgan fingerprint density at radius 2 is 2.03 bits per heavy atom. The maximum Gasteiger partial charge on any atom is 0.219 e. The highest BCUT2D eigenvalue weighted by molar-refractivity contribution is 6.30. The summed E-state index contributed by atoms with van der Waals surface area (Å²) in [4.78, 5) is 31.8. The fourth-order valence-electron chi connectivity index (χ4n) is 3.71.